The van der Waals surface area contributed by atoms with Gasteiger partial charge in [0, 0.05) is 17.1 Å². The van der Waals surface area contributed by atoms with E-state index in [0.29, 0.717) is 23.6 Å². The third-order valence-corrected chi connectivity index (χ3v) is 2.35. The van der Waals surface area contributed by atoms with Gasteiger partial charge in [0.25, 0.3) is 0 Å². The van der Waals surface area contributed by atoms with Gasteiger partial charge in [-0.3, -0.25) is 4.79 Å². The van der Waals surface area contributed by atoms with E-state index in [1.165, 1.54) is 0 Å². The average Bonchev–Trinajstić information content (AvgIpc) is 2.10. The van der Waals surface area contributed by atoms with Crippen molar-refractivity contribution in [2.45, 2.75) is 19.3 Å². The van der Waals surface area contributed by atoms with Crippen LogP contribution in [0.15, 0.2) is 18.2 Å². The molecule has 0 amide bonds. The van der Waals surface area contributed by atoms with E-state index < -0.39 is 0 Å². The molecule has 0 aliphatic heterocycles. The maximum Gasteiger partial charge on any atom is 0.221 e. The number of carbonyl (C=O) groups is 1. The third-order valence-electron chi connectivity index (χ3n) is 1.92. The van der Waals surface area contributed by atoms with Gasteiger partial charge in [-0.05, 0) is 48.2 Å². The molecule has 1 aromatic carbocycles. The Morgan fingerprint density at radius 1 is 1.43 bits per heavy atom. The number of hydrogen-bond acceptors (Lipinski definition) is 2. The van der Waals surface area contributed by atoms with Gasteiger partial charge in [-0.2, -0.15) is 0 Å². The highest BCUT2D eigenvalue weighted by molar-refractivity contribution is 6.63. The van der Waals surface area contributed by atoms with Crippen LogP contribution in [-0.4, -0.2) is 5.24 Å². The van der Waals surface area contributed by atoms with Crippen molar-refractivity contribution < 1.29 is 4.79 Å². The van der Waals surface area contributed by atoms with E-state index in [-0.39, 0.29) is 5.24 Å². The number of halogens is 2. The van der Waals surface area contributed by atoms with Crippen molar-refractivity contribution in [2.24, 2.45) is 0 Å². The smallest absolute Gasteiger partial charge is 0.221 e. The number of carbonyl (C=O) groups excluding carboxylic acids is 1. The van der Waals surface area contributed by atoms with Crippen LogP contribution in [0.1, 0.15) is 18.4 Å². The van der Waals surface area contributed by atoms with Crippen LogP contribution in [0.2, 0.25) is 5.02 Å². The van der Waals surface area contributed by atoms with Crippen molar-refractivity contribution in [1.82, 2.24) is 0 Å². The fourth-order valence-corrected chi connectivity index (χ4v) is 1.54. The van der Waals surface area contributed by atoms with Crippen molar-refractivity contribution in [3.63, 3.8) is 0 Å². The fourth-order valence-electron chi connectivity index (χ4n) is 1.21. The van der Waals surface area contributed by atoms with Gasteiger partial charge in [-0.1, -0.05) is 11.6 Å². The first-order chi connectivity index (χ1) is 6.59. The summed E-state index contributed by atoms with van der Waals surface area (Å²) >= 11 is 11.0. The summed E-state index contributed by atoms with van der Waals surface area (Å²) < 4.78 is 0. The first-order valence-corrected chi connectivity index (χ1v) is 5.07. The lowest BCUT2D eigenvalue weighted by Gasteiger charge is -2.04. The highest BCUT2D eigenvalue weighted by atomic mass is 35.5. The monoisotopic (exact) mass is 231 g/mol. The zero-order chi connectivity index (χ0) is 10.6. The maximum atomic E-state index is 10.5. The molecule has 0 spiro atoms. The van der Waals surface area contributed by atoms with Gasteiger partial charge in [0.15, 0.2) is 0 Å². The van der Waals surface area contributed by atoms with Crippen LogP contribution in [-0.2, 0) is 11.2 Å². The first-order valence-electron chi connectivity index (χ1n) is 4.32. The summed E-state index contributed by atoms with van der Waals surface area (Å²) in [6.07, 6.45) is 1.80. The van der Waals surface area contributed by atoms with Crippen molar-refractivity contribution in [3.05, 3.63) is 28.8 Å². The quantitative estimate of drug-likeness (QED) is 0.640. The molecule has 0 fully saturated rings. The molecule has 0 unspecified atom stereocenters. The van der Waals surface area contributed by atoms with Gasteiger partial charge >= 0.3 is 0 Å². The minimum atomic E-state index is -0.314. The molecule has 0 saturated heterocycles. The summed E-state index contributed by atoms with van der Waals surface area (Å²) in [6.45, 7) is 0. The van der Waals surface area contributed by atoms with Crippen LogP contribution < -0.4 is 5.73 Å². The van der Waals surface area contributed by atoms with E-state index in [1.807, 2.05) is 6.07 Å². The Kier molecular flexibility index (Phi) is 4.23. The van der Waals surface area contributed by atoms with Crippen LogP contribution >= 0.6 is 23.2 Å². The molecule has 1 aromatic rings. The summed E-state index contributed by atoms with van der Waals surface area (Å²) in [5, 5.41) is 0.344. The van der Waals surface area contributed by atoms with Gasteiger partial charge in [-0.15, -0.1) is 0 Å². The van der Waals surface area contributed by atoms with Crippen LogP contribution in [0.5, 0.6) is 0 Å². The second kappa shape index (κ2) is 5.23. The van der Waals surface area contributed by atoms with Crippen molar-refractivity contribution in [1.29, 1.82) is 0 Å². The summed E-state index contributed by atoms with van der Waals surface area (Å²) in [5.41, 5.74) is 7.40. The van der Waals surface area contributed by atoms with Crippen LogP contribution in [0, 0.1) is 0 Å². The summed E-state index contributed by atoms with van der Waals surface area (Å²) in [7, 11) is 0. The average molecular weight is 232 g/mol. The molecule has 0 aliphatic rings. The largest absolute Gasteiger partial charge is 0.399 e. The lowest BCUT2D eigenvalue weighted by Crippen LogP contribution is -1.96. The minimum Gasteiger partial charge on any atom is -0.399 e. The molecule has 76 valence electrons. The molecule has 2 nitrogen and oxygen atoms in total. The summed E-state index contributed by atoms with van der Waals surface area (Å²) in [5.74, 6) is 0. The maximum absolute atomic E-state index is 10.5. The second-order valence-corrected chi connectivity index (χ2v) is 3.91. The Morgan fingerprint density at radius 2 is 2.14 bits per heavy atom. The van der Waals surface area contributed by atoms with Gasteiger partial charge in [-0.25, -0.2) is 0 Å². The Balaban J connectivity index is 2.57. The van der Waals surface area contributed by atoms with E-state index in [1.54, 1.807) is 12.1 Å². The molecule has 0 atom stereocenters. The molecule has 0 radical (unpaired) electrons. The van der Waals surface area contributed by atoms with Crippen LogP contribution in [0.4, 0.5) is 5.69 Å². The Morgan fingerprint density at radius 3 is 2.79 bits per heavy atom. The molecule has 4 heteroatoms. The van der Waals surface area contributed by atoms with Crippen molar-refractivity contribution >= 4 is 34.1 Å². The van der Waals surface area contributed by atoms with Crippen LogP contribution in [0.25, 0.3) is 0 Å². The molecular formula is C10H11Cl2NO. The van der Waals surface area contributed by atoms with Gasteiger partial charge < -0.3 is 5.73 Å². The van der Waals surface area contributed by atoms with E-state index in [4.69, 9.17) is 28.9 Å². The number of benzene rings is 1. The molecule has 0 bridgehead atoms. The van der Waals surface area contributed by atoms with Crippen molar-refractivity contribution in [2.75, 3.05) is 5.73 Å². The molecular weight excluding hydrogens is 221 g/mol. The molecule has 14 heavy (non-hydrogen) atoms. The number of aryl methyl sites for hydroxylation is 1. The zero-order valence-electron chi connectivity index (χ0n) is 7.59. The Hall–Kier alpha value is -0.730. The minimum absolute atomic E-state index is 0.314. The fraction of sp³-hybridized carbons (Fsp3) is 0.300. The van der Waals surface area contributed by atoms with E-state index in [0.717, 1.165) is 12.0 Å². The van der Waals surface area contributed by atoms with Gasteiger partial charge in [0.05, 0.1) is 0 Å². The number of nitrogens with two attached hydrogens (primary N) is 1. The molecule has 0 aliphatic carbocycles. The SMILES string of the molecule is Nc1ccc(Cl)cc1CCCC(=O)Cl. The number of hydrogen-bond donors (Lipinski definition) is 1. The van der Waals surface area contributed by atoms with E-state index in [2.05, 4.69) is 0 Å². The van der Waals surface area contributed by atoms with Gasteiger partial charge in [0.1, 0.15) is 0 Å². The second-order valence-electron chi connectivity index (χ2n) is 3.05. The standard InChI is InChI=1S/C10H11Cl2NO/c11-8-4-5-9(13)7(6-8)2-1-3-10(12)14/h4-6H,1-3,13H2. The molecule has 0 saturated carbocycles. The topological polar surface area (TPSA) is 43.1 Å². The van der Waals surface area contributed by atoms with E-state index in [9.17, 15) is 4.79 Å². The van der Waals surface area contributed by atoms with E-state index >= 15 is 0 Å². The summed E-state index contributed by atoms with van der Waals surface area (Å²) in [6, 6.07) is 5.32. The lowest BCUT2D eigenvalue weighted by atomic mass is 10.1. The molecule has 0 aromatic heterocycles. The van der Waals surface area contributed by atoms with Crippen LogP contribution in [0.3, 0.4) is 0 Å². The predicted octanol–water partition coefficient (Wildman–Crippen LogP) is 3.01. The molecule has 2 N–H and O–H groups in total. The Labute approximate surface area is 93.0 Å². The number of rotatable bonds is 4. The highest BCUT2D eigenvalue weighted by Crippen LogP contribution is 2.19. The first kappa shape index (κ1) is 11.3. The number of nitrogen functional groups attached to an aromatic ring is 1. The highest BCUT2D eigenvalue weighted by Gasteiger charge is 2.02. The molecule has 1 rings (SSSR count). The lowest BCUT2D eigenvalue weighted by molar-refractivity contribution is -0.111. The third kappa shape index (κ3) is 3.56. The normalized spacial score (nSPS) is 10.1. The predicted molar refractivity (Wildman–Crippen MR) is 59.7 cm³/mol. The molecule has 0 heterocycles. The van der Waals surface area contributed by atoms with Crippen molar-refractivity contribution in [3.8, 4) is 0 Å². The number of anilines is 1. The zero-order valence-corrected chi connectivity index (χ0v) is 9.11. The Bertz CT molecular complexity index is 339. The summed E-state index contributed by atoms with van der Waals surface area (Å²) in [4.78, 5) is 10.5. The van der Waals surface area contributed by atoms with Gasteiger partial charge in [0.2, 0.25) is 5.24 Å².